The van der Waals surface area contributed by atoms with Crippen molar-refractivity contribution >= 4 is 16.9 Å². The first kappa shape index (κ1) is 11.5. The van der Waals surface area contributed by atoms with Gasteiger partial charge in [0.1, 0.15) is 6.10 Å². The number of carbonyl (C=O) groups is 1. The normalized spacial score (nSPS) is 21.6. The first-order chi connectivity index (χ1) is 8.84. The van der Waals surface area contributed by atoms with Crippen molar-refractivity contribution in [2.75, 3.05) is 0 Å². The van der Waals surface area contributed by atoms with Crippen LogP contribution in [0.15, 0.2) is 65.6 Å². The number of epoxide rings is 1. The van der Waals surface area contributed by atoms with Gasteiger partial charge in [-0.25, -0.2) is 0 Å². The summed E-state index contributed by atoms with van der Waals surface area (Å²) in [5.41, 5.74) is 1.07. The molecule has 1 fully saturated rings. The largest absolute Gasteiger partial charge is 0.355 e. The Morgan fingerprint density at radius 2 is 1.56 bits per heavy atom. The van der Waals surface area contributed by atoms with Crippen molar-refractivity contribution in [1.29, 1.82) is 0 Å². The standard InChI is InChI=1S/C15H12O2S/c16-15(18-12-9-5-2-6-10-12)14-13(17-14)11-7-3-1-4-8-11/h1-10,13-14H/t13-,14-/m1/s1. The lowest BCUT2D eigenvalue weighted by molar-refractivity contribution is -0.112. The van der Waals surface area contributed by atoms with Gasteiger partial charge in [0.15, 0.2) is 6.10 Å². The van der Waals surface area contributed by atoms with Gasteiger partial charge in [0, 0.05) is 4.90 Å². The summed E-state index contributed by atoms with van der Waals surface area (Å²) < 4.78 is 5.47. The highest BCUT2D eigenvalue weighted by Gasteiger charge is 2.46. The summed E-state index contributed by atoms with van der Waals surface area (Å²) in [5.74, 6) is 0. The Balaban J connectivity index is 1.63. The maximum absolute atomic E-state index is 12.0. The zero-order valence-corrected chi connectivity index (χ0v) is 10.5. The Hall–Kier alpha value is -1.58. The molecule has 2 aromatic rings. The molecule has 2 atom stereocenters. The molecule has 18 heavy (non-hydrogen) atoms. The highest BCUT2D eigenvalue weighted by Crippen LogP contribution is 2.42. The predicted molar refractivity (Wildman–Crippen MR) is 71.4 cm³/mol. The van der Waals surface area contributed by atoms with E-state index in [-0.39, 0.29) is 17.3 Å². The summed E-state index contributed by atoms with van der Waals surface area (Å²) in [6.45, 7) is 0. The minimum Gasteiger partial charge on any atom is -0.355 e. The number of hydrogen-bond donors (Lipinski definition) is 0. The quantitative estimate of drug-likeness (QED) is 0.622. The summed E-state index contributed by atoms with van der Waals surface area (Å²) in [7, 11) is 0. The van der Waals surface area contributed by atoms with Gasteiger partial charge in [0.25, 0.3) is 0 Å². The zero-order valence-electron chi connectivity index (χ0n) is 9.65. The molecule has 0 amide bonds. The Bertz CT molecular complexity index is 539. The van der Waals surface area contributed by atoms with Crippen LogP contribution in [0.5, 0.6) is 0 Å². The Kier molecular flexibility index (Phi) is 3.17. The summed E-state index contributed by atoms with van der Waals surface area (Å²) in [4.78, 5) is 13.0. The molecular weight excluding hydrogens is 244 g/mol. The zero-order chi connectivity index (χ0) is 12.4. The van der Waals surface area contributed by atoms with Crippen LogP contribution in [0, 0.1) is 0 Å². The van der Waals surface area contributed by atoms with Gasteiger partial charge in [0.05, 0.1) is 0 Å². The Morgan fingerprint density at radius 3 is 2.22 bits per heavy atom. The van der Waals surface area contributed by atoms with E-state index < -0.39 is 0 Å². The fourth-order valence-corrected chi connectivity index (χ4v) is 2.67. The van der Waals surface area contributed by atoms with Gasteiger partial charge in [-0.15, -0.1) is 0 Å². The van der Waals surface area contributed by atoms with Gasteiger partial charge < -0.3 is 4.74 Å². The molecule has 2 nitrogen and oxygen atoms in total. The monoisotopic (exact) mass is 256 g/mol. The van der Waals surface area contributed by atoms with E-state index in [1.165, 1.54) is 11.8 Å². The molecule has 90 valence electrons. The number of carbonyl (C=O) groups excluding carboxylic acids is 1. The number of ether oxygens (including phenoxy) is 1. The van der Waals surface area contributed by atoms with E-state index in [2.05, 4.69) is 0 Å². The highest BCUT2D eigenvalue weighted by atomic mass is 32.2. The van der Waals surface area contributed by atoms with Crippen LogP contribution in [-0.2, 0) is 9.53 Å². The van der Waals surface area contributed by atoms with E-state index in [0.717, 1.165) is 10.5 Å². The second-order valence-corrected chi connectivity index (χ2v) is 5.20. The van der Waals surface area contributed by atoms with Crippen molar-refractivity contribution in [3.63, 3.8) is 0 Å². The lowest BCUT2D eigenvalue weighted by Crippen LogP contribution is -2.02. The minimum absolute atomic E-state index is 0.0603. The van der Waals surface area contributed by atoms with Crippen molar-refractivity contribution in [1.82, 2.24) is 0 Å². The minimum atomic E-state index is -0.294. The molecule has 1 aliphatic heterocycles. The van der Waals surface area contributed by atoms with Crippen LogP contribution in [0.3, 0.4) is 0 Å². The number of benzene rings is 2. The van der Waals surface area contributed by atoms with Gasteiger partial charge in [0.2, 0.25) is 5.12 Å². The van der Waals surface area contributed by atoms with Crippen LogP contribution in [0.25, 0.3) is 0 Å². The summed E-state index contributed by atoms with van der Waals surface area (Å²) in [5, 5.41) is 0.0788. The summed E-state index contributed by atoms with van der Waals surface area (Å²) >= 11 is 1.25. The molecule has 3 rings (SSSR count). The first-order valence-corrected chi connectivity index (χ1v) is 6.63. The Morgan fingerprint density at radius 1 is 0.944 bits per heavy atom. The van der Waals surface area contributed by atoms with Crippen LogP contribution >= 0.6 is 11.8 Å². The molecule has 0 unspecified atom stereocenters. The second kappa shape index (κ2) is 4.96. The third kappa shape index (κ3) is 2.47. The van der Waals surface area contributed by atoms with Gasteiger partial charge in [-0.3, -0.25) is 4.79 Å². The first-order valence-electron chi connectivity index (χ1n) is 5.82. The lowest BCUT2D eigenvalue weighted by atomic mass is 10.1. The van der Waals surface area contributed by atoms with E-state index in [1.807, 2.05) is 60.7 Å². The van der Waals surface area contributed by atoms with Gasteiger partial charge in [-0.1, -0.05) is 48.5 Å². The maximum atomic E-state index is 12.0. The SMILES string of the molecule is O=C(Sc1ccccc1)[C@@H]1O[C@@H]1c1ccccc1. The molecular formula is C15H12O2S. The van der Waals surface area contributed by atoms with Crippen molar-refractivity contribution in [2.24, 2.45) is 0 Å². The molecule has 0 aliphatic carbocycles. The molecule has 0 N–H and O–H groups in total. The molecule has 1 aliphatic rings. The van der Waals surface area contributed by atoms with Crippen molar-refractivity contribution in [3.8, 4) is 0 Å². The molecule has 0 aromatic heterocycles. The number of thioether (sulfide) groups is 1. The molecule has 0 spiro atoms. The van der Waals surface area contributed by atoms with Crippen molar-refractivity contribution < 1.29 is 9.53 Å². The summed E-state index contributed by atoms with van der Waals surface area (Å²) in [6.07, 6.45) is -0.354. The Labute approximate surface area is 110 Å². The van der Waals surface area contributed by atoms with E-state index >= 15 is 0 Å². The van der Waals surface area contributed by atoms with Crippen LogP contribution in [-0.4, -0.2) is 11.2 Å². The summed E-state index contributed by atoms with van der Waals surface area (Å²) in [6, 6.07) is 19.5. The van der Waals surface area contributed by atoms with Crippen molar-refractivity contribution in [3.05, 3.63) is 66.2 Å². The lowest BCUT2D eigenvalue weighted by Gasteiger charge is -1.97. The molecule has 1 saturated heterocycles. The third-order valence-electron chi connectivity index (χ3n) is 2.81. The van der Waals surface area contributed by atoms with E-state index in [0.29, 0.717) is 0 Å². The van der Waals surface area contributed by atoms with Gasteiger partial charge in [-0.2, -0.15) is 0 Å². The van der Waals surface area contributed by atoms with E-state index in [9.17, 15) is 4.79 Å². The average molecular weight is 256 g/mol. The fourth-order valence-electron chi connectivity index (χ4n) is 1.85. The van der Waals surface area contributed by atoms with Crippen LogP contribution < -0.4 is 0 Å². The van der Waals surface area contributed by atoms with Gasteiger partial charge in [-0.05, 0) is 29.5 Å². The van der Waals surface area contributed by atoms with E-state index in [4.69, 9.17) is 4.74 Å². The molecule has 0 bridgehead atoms. The van der Waals surface area contributed by atoms with Crippen LogP contribution in [0.4, 0.5) is 0 Å². The fraction of sp³-hybridized carbons (Fsp3) is 0.133. The van der Waals surface area contributed by atoms with Crippen LogP contribution in [0.2, 0.25) is 0 Å². The number of rotatable bonds is 3. The smallest absolute Gasteiger partial charge is 0.225 e. The third-order valence-corrected chi connectivity index (χ3v) is 3.76. The molecule has 0 saturated carbocycles. The average Bonchev–Trinajstić information content (AvgIpc) is 3.21. The molecule has 0 radical (unpaired) electrons. The number of hydrogen-bond acceptors (Lipinski definition) is 3. The van der Waals surface area contributed by atoms with E-state index in [1.54, 1.807) is 0 Å². The molecule has 1 heterocycles. The topological polar surface area (TPSA) is 29.6 Å². The predicted octanol–water partition coefficient (Wildman–Crippen LogP) is 3.45. The molecule has 2 aromatic carbocycles. The van der Waals surface area contributed by atoms with Crippen LogP contribution in [0.1, 0.15) is 11.7 Å². The maximum Gasteiger partial charge on any atom is 0.225 e. The highest BCUT2D eigenvalue weighted by molar-refractivity contribution is 8.13. The van der Waals surface area contributed by atoms with Crippen molar-refractivity contribution in [2.45, 2.75) is 17.1 Å². The second-order valence-electron chi connectivity index (χ2n) is 4.12. The van der Waals surface area contributed by atoms with Gasteiger partial charge >= 0.3 is 0 Å². The molecule has 3 heteroatoms.